The molecule has 0 aromatic heterocycles. The van der Waals surface area contributed by atoms with Gasteiger partial charge >= 0.3 is 0 Å². The molecule has 1 saturated heterocycles. The number of anilines is 1. The van der Waals surface area contributed by atoms with Gasteiger partial charge < -0.3 is 10.1 Å². The van der Waals surface area contributed by atoms with E-state index in [4.69, 9.17) is 4.74 Å². The molecule has 0 aliphatic carbocycles. The SMILES string of the molecule is C=CC(=O)Nc1cccc(C2CCOCC2)c1. The number of ether oxygens (including phenoxy) is 1. The van der Waals surface area contributed by atoms with Crippen molar-refractivity contribution in [3.63, 3.8) is 0 Å². The van der Waals surface area contributed by atoms with E-state index < -0.39 is 0 Å². The van der Waals surface area contributed by atoms with Crippen molar-refractivity contribution >= 4 is 11.6 Å². The predicted molar refractivity (Wildman–Crippen MR) is 68.1 cm³/mol. The van der Waals surface area contributed by atoms with E-state index in [1.165, 1.54) is 11.6 Å². The summed E-state index contributed by atoms with van der Waals surface area (Å²) in [7, 11) is 0. The first-order valence-electron chi connectivity index (χ1n) is 5.90. The van der Waals surface area contributed by atoms with Crippen LogP contribution in [0.15, 0.2) is 36.9 Å². The highest BCUT2D eigenvalue weighted by Gasteiger charge is 2.15. The summed E-state index contributed by atoms with van der Waals surface area (Å²) in [4.78, 5) is 11.2. The molecule has 1 aromatic rings. The molecule has 1 amide bonds. The van der Waals surface area contributed by atoms with Crippen molar-refractivity contribution in [2.45, 2.75) is 18.8 Å². The van der Waals surface area contributed by atoms with E-state index in [9.17, 15) is 4.79 Å². The van der Waals surface area contributed by atoms with Gasteiger partial charge in [-0.15, -0.1) is 0 Å². The lowest BCUT2D eigenvalue weighted by Crippen LogP contribution is -2.14. The lowest BCUT2D eigenvalue weighted by molar-refractivity contribution is -0.111. The number of amides is 1. The smallest absolute Gasteiger partial charge is 0.247 e. The van der Waals surface area contributed by atoms with Crippen LogP contribution >= 0.6 is 0 Å². The third-order valence-corrected chi connectivity index (χ3v) is 3.03. The monoisotopic (exact) mass is 231 g/mol. The van der Waals surface area contributed by atoms with Gasteiger partial charge in [0.2, 0.25) is 5.91 Å². The maximum Gasteiger partial charge on any atom is 0.247 e. The van der Waals surface area contributed by atoms with Crippen LogP contribution in [0, 0.1) is 0 Å². The van der Waals surface area contributed by atoms with E-state index in [1.807, 2.05) is 18.2 Å². The van der Waals surface area contributed by atoms with Crippen molar-refractivity contribution in [2.75, 3.05) is 18.5 Å². The Hall–Kier alpha value is -1.61. The van der Waals surface area contributed by atoms with Crippen LogP contribution in [0.5, 0.6) is 0 Å². The highest BCUT2D eigenvalue weighted by molar-refractivity contribution is 5.98. The molecule has 2 rings (SSSR count). The molecule has 1 aliphatic heterocycles. The van der Waals surface area contributed by atoms with E-state index in [0.29, 0.717) is 5.92 Å². The zero-order chi connectivity index (χ0) is 12.1. The largest absolute Gasteiger partial charge is 0.381 e. The minimum absolute atomic E-state index is 0.172. The number of rotatable bonds is 3. The third kappa shape index (κ3) is 3.17. The Morgan fingerprint density at radius 1 is 1.41 bits per heavy atom. The molecule has 1 aliphatic rings. The minimum atomic E-state index is -0.172. The summed E-state index contributed by atoms with van der Waals surface area (Å²) in [5.74, 6) is 0.374. The van der Waals surface area contributed by atoms with Gasteiger partial charge in [0.05, 0.1) is 0 Å². The van der Waals surface area contributed by atoms with Crippen molar-refractivity contribution < 1.29 is 9.53 Å². The minimum Gasteiger partial charge on any atom is -0.381 e. The Labute approximate surface area is 101 Å². The zero-order valence-electron chi connectivity index (χ0n) is 9.82. The second-order valence-electron chi connectivity index (χ2n) is 4.21. The van der Waals surface area contributed by atoms with E-state index in [2.05, 4.69) is 18.0 Å². The molecule has 0 atom stereocenters. The predicted octanol–water partition coefficient (Wildman–Crippen LogP) is 2.71. The van der Waals surface area contributed by atoms with Crippen molar-refractivity contribution in [3.05, 3.63) is 42.5 Å². The Balaban J connectivity index is 2.10. The van der Waals surface area contributed by atoms with Gasteiger partial charge in [-0.25, -0.2) is 0 Å². The maximum absolute atomic E-state index is 11.2. The molecule has 3 heteroatoms. The van der Waals surface area contributed by atoms with Crippen LogP contribution in [0.3, 0.4) is 0 Å². The van der Waals surface area contributed by atoms with Crippen LogP contribution in [-0.4, -0.2) is 19.1 Å². The maximum atomic E-state index is 11.2. The first kappa shape index (κ1) is 11.9. The van der Waals surface area contributed by atoms with Gasteiger partial charge in [-0.3, -0.25) is 4.79 Å². The van der Waals surface area contributed by atoms with Crippen LogP contribution in [0.2, 0.25) is 0 Å². The van der Waals surface area contributed by atoms with E-state index in [-0.39, 0.29) is 5.91 Å². The summed E-state index contributed by atoms with van der Waals surface area (Å²) < 4.78 is 5.35. The molecule has 1 fully saturated rings. The molecule has 0 saturated carbocycles. The number of carbonyl (C=O) groups excluding carboxylic acids is 1. The second kappa shape index (κ2) is 5.64. The quantitative estimate of drug-likeness (QED) is 0.812. The van der Waals surface area contributed by atoms with Gasteiger partial charge in [0.15, 0.2) is 0 Å². The summed E-state index contributed by atoms with van der Waals surface area (Å²) in [5.41, 5.74) is 2.11. The van der Waals surface area contributed by atoms with E-state index in [0.717, 1.165) is 31.7 Å². The highest BCUT2D eigenvalue weighted by Crippen LogP contribution is 2.28. The molecular formula is C14H17NO2. The molecule has 1 heterocycles. The summed E-state index contributed by atoms with van der Waals surface area (Å²) in [6, 6.07) is 8.02. The topological polar surface area (TPSA) is 38.3 Å². The normalized spacial score (nSPS) is 16.5. The molecule has 3 nitrogen and oxygen atoms in total. The van der Waals surface area contributed by atoms with Gasteiger partial charge in [-0.05, 0) is 42.5 Å². The van der Waals surface area contributed by atoms with Crippen LogP contribution in [0.4, 0.5) is 5.69 Å². The average molecular weight is 231 g/mol. The number of hydrogen-bond donors (Lipinski definition) is 1. The first-order valence-corrected chi connectivity index (χ1v) is 5.90. The molecule has 0 bridgehead atoms. The molecule has 90 valence electrons. The van der Waals surface area contributed by atoms with Crippen LogP contribution < -0.4 is 5.32 Å². The molecule has 0 unspecified atom stereocenters. The van der Waals surface area contributed by atoms with Crippen LogP contribution in [0.1, 0.15) is 24.3 Å². The molecule has 0 spiro atoms. The fourth-order valence-corrected chi connectivity index (χ4v) is 2.09. The summed E-state index contributed by atoms with van der Waals surface area (Å²) in [6.45, 7) is 5.10. The lowest BCUT2D eigenvalue weighted by atomic mass is 9.91. The number of benzene rings is 1. The van der Waals surface area contributed by atoms with Gasteiger partial charge in [0.1, 0.15) is 0 Å². The highest BCUT2D eigenvalue weighted by atomic mass is 16.5. The van der Waals surface area contributed by atoms with Gasteiger partial charge in [-0.2, -0.15) is 0 Å². The van der Waals surface area contributed by atoms with Crippen molar-refractivity contribution in [1.82, 2.24) is 0 Å². The lowest BCUT2D eigenvalue weighted by Gasteiger charge is -2.22. The number of carbonyl (C=O) groups is 1. The van der Waals surface area contributed by atoms with E-state index >= 15 is 0 Å². The molecule has 0 radical (unpaired) electrons. The molecular weight excluding hydrogens is 214 g/mol. The molecule has 17 heavy (non-hydrogen) atoms. The fourth-order valence-electron chi connectivity index (χ4n) is 2.09. The summed E-state index contributed by atoms with van der Waals surface area (Å²) in [6.07, 6.45) is 3.39. The van der Waals surface area contributed by atoms with Crippen LogP contribution in [-0.2, 0) is 9.53 Å². The van der Waals surface area contributed by atoms with Crippen LogP contribution in [0.25, 0.3) is 0 Å². The third-order valence-electron chi connectivity index (χ3n) is 3.03. The molecule has 1 N–H and O–H groups in total. The molecule has 1 aromatic carbocycles. The Bertz CT molecular complexity index is 408. The van der Waals surface area contributed by atoms with Gasteiger partial charge in [-0.1, -0.05) is 18.7 Å². The zero-order valence-corrected chi connectivity index (χ0v) is 9.82. The number of hydrogen-bond acceptors (Lipinski definition) is 2. The number of nitrogens with one attached hydrogen (secondary N) is 1. The second-order valence-corrected chi connectivity index (χ2v) is 4.21. The van der Waals surface area contributed by atoms with Crippen molar-refractivity contribution in [2.24, 2.45) is 0 Å². The Kier molecular flexibility index (Phi) is 3.94. The first-order chi connectivity index (χ1) is 8.29. The summed E-state index contributed by atoms with van der Waals surface area (Å²) >= 11 is 0. The van der Waals surface area contributed by atoms with E-state index in [1.54, 1.807) is 0 Å². The van der Waals surface area contributed by atoms with Gasteiger partial charge in [0.25, 0.3) is 0 Å². The Morgan fingerprint density at radius 3 is 2.88 bits per heavy atom. The van der Waals surface area contributed by atoms with Crippen molar-refractivity contribution in [3.8, 4) is 0 Å². The van der Waals surface area contributed by atoms with Crippen molar-refractivity contribution in [1.29, 1.82) is 0 Å². The summed E-state index contributed by atoms with van der Waals surface area (Å²) in [5, 5.41) is 2.78. The van der Waals surface area contributed by atoms with Gasteiger partial charge in [0, 0.05) is 18.9 Å². The fraction of sp³-hybridized carbons (Fsp3) is 0.357. The Morgan fingerprint density at radius 2 is 2.18 bits per heavy atom. The average Bonchev–Trinajstić information content (AvgIpc) is 2.40. The standard InChI is InChI=1S/C14H17NO2/c1-2-14(16)15-13-5-3-4-12(10-13)11-6-8-17-9-7-11/h2-5,10-11H,1,6-9H2,(H,15,16).